The van der Waals surface area contributed by atoms with Gasteiger partial charge in [0.1, 0.15) is 11.6 Å². The number of aromatic nitrogens is 1. The van der Waals surface area contributed by atoms with Crippen LogP contribution in [0.3, 0.4) is 0 Å². The van der Waals surface area contributed by atoms with E-state index in [1.54, 1.807) is 45.2 Å². The lowest BCUT2D eigenvalue weighted by molar-refractivity contribution is -0.118. The van der Waals surface area contributed by atoms with E-state index in [9.17, 15) is 14.4 Å². The van der Waals surface area contributed by atoms with Crippen LogP contribution in [0, 0.1) is 6.92 Å². The van der Waals surface area contributed by atoms with Gasteiger partial charge in [0.05, 0.1) is 0 Å². The highest BCUT2D eigenvalue weighted by Crippen LogP contribution is 2.30. The van der Waals surface area contributed by atoms with E-state index in [-0.39, 0.29) is 11.5 Å². The fraction of sp³-hybridized carbons (Fsp3) is 0.219. The number of pyridine rings is 1. The van der Waals surface area contributed by atoms with Crippen LogP contribution in [-0.4, -0.2) is 28.6 Å². The third-order valence-electron chi connectivity index (χ3n) is 6.20. The lowest BCUT2D eigenvalue weighted by atomic mass is 9.84. The molecular formula is C32H33N3O4. The van der Waals surface area contributed by atoms with Crippen molar-refractivity contribution in [3.63, 3.8) is 0 Å². The molecule has 0 bridgehead atoms. The lowest BCUT2D eigenvalue weighted by Gasteiger charge is -2.29. The fourth-order valence-electron chi connectivity index (χ4n) is 4.47. The van der Waals surface area contributed by atoms with Crippen LogP contribution in [-0.2, 0) is 9.53 Å². The van der Waals surface area contributed by atoms with E-state index in [4.69, 9.17) is 4.74 Å². The predicted molar refractivity (Wildman–Crippen MR) is 154 cm³/mol. The molecule has 4 rings (SSSR count). The maximum Gasteiger partial charge on any atom is 0.408 e. The van der Waals surface area contributed by atoms with Crippen LogP contribution in [0.25, 0.3) is 11.1 Å². The molecule has 2 amide bonds. The van der Waals surface area contributed by atoms with Gasteiger partial charge in [0.2, 0.25) is 11.5 Å². The Labute approximate surface area is 228 Å². The van der Waals surface area contributed by atoms with Gasteiger partial charge in [-0.25, -0.2) is 4.79 Å². The molecule has 0 aliphatic heterocycles. The maximum atomic E-state index is 13.8. The highest BCUT2D eigenvalue weighted by Gasteiger charge is 2.34. The Morgan fingerprint density at radius 1 is 0.846 bits per heavy atom. The molecule has 0 saturated carbocycles. The zero-order valence-electron chi connectivity index (χ0n) is 22.5. The summed E-state index contributed by atoms with van der Waals surface area (Å²) in [5.74, 6) is -0.852. The Kier molecular flexibility index (Phi) is 8.30. The standard InChI is InChI=1S/C32H33N3O4/c1-21-19-27(36)33-20-26(21)22-15-17-25(18-16-22)34-30(37)29(35-31(38)39-32(2,3)4)28(23-11-7-5-8-12-23)24-13-9-6-10-14-24/h5-20,28-29H,1-4H3,(H,33,36)(H,34,37)(H,35,38)/t29-/m0/s1. The molecule has 1 heterocycles. The number of carbonyl (C=O) groups is 2. The number of anilines is 1. The Bertz CT molecular complexity index is 1430. The van der Waals surface area contributed by atoms with Crippen LogP contribution in [0.4, 0.5) is 10.5 Å². The molecular weight excluding hydrogens is 490 g/mol. The van der Waals surface area contributed by atoms with Gasteiger partial charge in [0.15, 0.2) is 0 Å². The summed E-state index contributed by atoms with van der Waals surface area (Å²) >= 11 is 0. The predicted octanol–water partition coefficient (Wildman–Crippen LogP) is 6.01. The summed E-state index contributed by atoms with van der Waals surface area (Å²) in [4.78, 5) is 41.0. The van der Waals surface area contributed by atoms with Crippen LogP contribution >= 0.6 is 0 Å². The van der Waals surface area contributed by atoms with E-state index in [1.165, 1.54) is 0 Å². The third kappa shape index (κ3) is 7.23. The first-order valence-corrected chi connectivity index (χ1v) is 12.8. The first-order chi connectivity index (χ1) is 18.6. The first-order valence-electron chi connectivity index (χ1n) is 12.8. The Hall–Kier alpha value is -4.65. The monoisotopic (exact) mass is 523 g/mol. The molecule has 0 aliphatic rings. The zero-order chi connectivity index (χ0) is 28.0. The van der Waals surface area contributed by atoms with Crippen molar-refractivity contribution in [3.8, 4) is 11.1 Å². The minimum absolute atomic E-state index is 0.157. The number of aryl methyl sites for hydroxylation is 1. The SMILES string of the molecule is Cc1cc(=O)[nH]cc1-c1ccc(NC(=O)[C@@H](NC(=O)OC(C)(C)C)C(c2ccccc2)c2ccccc2)cc1. The van der Waals surface area contributed by atoms with Crippen LogP contribution in [0.15, 0.2) is 102 Å². The molecule has 7 nitrogen and oxygen atoms in total. The fourth-order valence-corrected chi connectivity index (χ4v) is 4.47. The van der Waals surface area contributed by atoms with Crippen molar-refractivity contribution in [1.29, 1.82) is 0 Å². The summed E-state index contributed by atoms with van der Waals surface area (Å²) in [5, 5.41) is 5.80. The average molecular weight is 524 g/mol. The van der Waals surface area contributed by atoms with Crippen LogP contribution in [0.1, 0.15) is 43.4 Å². The number of ether oxygens (including phenoxy) is 1. The molecule has 1 atom stereocenters. The highest BCUT2D eigenvalue weighted by atomic mass is 16.6. The number of nitrogens with one attached hydrogen (secondary N) is 3. The number of aromatic amines is 1. The maximum absolute atomic E-state index is 13.8. The van der Waals surface area contributed by atoms with Crippen molar-refractivity contribution in [1.82, 2.24) is 10.3 Å². The molecule has 200 valence electrons. The molecule has 1 aromatic heterocycles. The smallest absolute Gasteiger partial charge is 0.408 e. The van der Waals surface area contributed by atoms with Crippen molar-refractivity contribution in [2.45, 2.75) is 45.3 Å². The van der Waals surface area contributed by atoms with Gasteiger partial charge in [-0.05, 0) is 62.1 Å². The summed E-state index contributed by atoms with van der Waals surface area (Å²) in [6.45, 7) is 7.21. The molecule has 0 radical (unpaired) electrons. The summed E-state index contributed by atoms with van der Waals surface area (Å²) in [6.07, 6.45) is 1.000. The largest absolute Gasteiger partial charge is 0.444 e. The molecule has 3 N–H and O–H groups in total. The lowest BCUT2D eigenvalue weighted by Crippen LogP contribution is -2.49. The first kappa shape index (κ1) is 27.4. The number of alkyl carbamates (subject to hydrolysis) is 1. The number of H-pyrrole nitrogens is 1. The van der Waals surface area contributed by atoms with Crippen molar-refractivity contribution in [2.75, 3.05) is 5.32 Å². The normalized spacial score (nSPS) is 12.0. The van der Waals surface area contributed by atoms with Crippen LogP contribution in [0.2, 0.25) is 0 Å². The second-order valence-corrected chi connectivity index (χ2v) is 10.4. The molecule has 39 heavy (non-hydrogen) atoms. The summed E-state index contributed by atoms with van der Waals surface area (Å²) < 4.78 is 5.52. The number of carbonyl (C=O) groups excluding carboxylic acids is 2. The number of amides is 2. The van der Waals surface area contributed by atoms with E-state index in [2.05, 4.69) is 15.6 Å². The zero-order valence-corrected chi connectivity index (χ0v) is 22.5. The van der Waals surface area contributed by atoms with Crippen LogP contribution in [0.5, 0.6) is 0 Å². The molecule has 0 saturated heterocycles. The van der Waals surface area contributed by atoms with Gasteiger partial charge in [-0.15, -0.1) is 0 Å². The quantitative estimate of drug-likeness (QED) is 0.276. The topological polar surface area (TPSA) is 100 Å². The van der Waals surface area contributed by atoms with Crippen LogP contribution < -0.4 is 16.2 Å². The van der Waals surface area contributed by atoms with Gasteiger partial charge in [-0.3, -0.25) is 9.59 Å². The van der Waals surface area contributed by atoms with Gasteiger partial charge in [-0.2, -0.15) is 0 Å². The van der Waals surface area contributed by atoms with Gasteiger partial charge >= 0.3 is 6.09 Å². The second kappa shape index (κ2) is 11.8. The van der Waals surface area contributed by atoms with Gasteiger partial charge in [0, 0.05) is 29.4 Å². The van der Waals surface area contributed by atoms with Crippen molar-refractivity contribution in [2.24, 2.45) is 0 Å². The summed E-state index contributed by atoms with van der Waals surface area (Å²) in [6, 6.07) is 27.1. The Morgan fingerprint density at radius 2 is 1.41 bits per heavy atom. The third-order valence-corrected chi connectivity index (χ3v) is 6.20. The van der Waals surface area contributed by atoms with Crippen molar-refractivity contribution < 1.29 is 14.3 Å². The van der Waals surface area contributed by atoms with E-state index in [0.717, 1.165) is 27.8 Å². The summed E-state index contributed by atoms with van der Waals surface area (Å²) in [5.41, 5.74) is 4.09. The number of benzene rings is 3. The Morgan fingerprint density at radius 3 is 1.92 bits per heavy atom. The van der Waals surface area contributed by atoms with Gasteiger partial charge in [0.25, 0.3) is 0 Å². The summed E-state index contributed by atoms with van der Waals surface area (Å²) in [7, 11) is 0. The van der Waals surface area contributed by atoms with E-state index < -0.39 is 23.7 Å². The molecule has 3 aromatic carbocycles. The molecule has 0 aliphatic carbocycles. The molecule has 0 fully saturated rings. The van der Waals surface area contributed by atoms with Gasteiger partial charge in [-0.1, -0.05) is 72.8 Å². The molecule has 7 heteroatoms. The molecule has 0 unspecified atom stereocenters. The average Bonchev–Trinajstić information content (AvgIpc) is 2.89. The number of rotatable bonds is 7. The molecule has 4 aromatic rings. The minimum atomic E-state index is -0.967. The van der Waals surface area contributed by atoms with E-state index in [1.807, 2.05) is 79.7 Å². The number of hydrogen-bond acceptors (Lipinski definition) is 4. The van der Waals surface area contributed by atoms with E-state index >= 15 is 0 Å². The van der Waals surface area contributed by atoms with Gasteiger partial charge < -0.3 is 20.4 Å². The van der Waals surface area contributed by atoms with Crippen molar-refractivity contribution in [3.05, 3.63) is 124 Å². The molecule has 0 spiro atoms. The number of hydrogen-bond donors (Lipinski definition) is 3. The minimum Gasteiger partial charge on any atom is -0.444 e. The highest BCUT2D eigenvalue weighted by molar-refractivity contribution is 5.98. The van der Waals surface area contributed by atoms with E-state index in [0.29, 0.717) is 5.69 Å². The second-order valence-electron chi connectivity index (χ2n) is 10.4. The Balaban J connectivity index is 1.66. The van der Waals surface area contributed by atoms with Crippen molar-refractivity contribution >= 4 is 17.7 Å².